The number of benzene rings is 1. The van der Waals surface area contributed by atoms with Crippen molar-refractivity contribution in [2.24, 2.45) is 11.1 Å². The molecule has 6 nitrogen and oxygen atoms in total. The first-order valence-electron chi connectivity index (χ1n) is 10.6. The summed E-state index contributed by atoms with van der Waals surface area (Å²) >= 11 is 0. The van der Waals surface area contributed by atoms with Gasteiger partial charge in [0.1, 0.15) is 5.54 Å². The number of nitrogens with zero attached hydrogens (tertiary/aromatic N) is 2. The number of carbonyl (C=O) groups excluding carboxylic acids is 2. The quantitative estimate of drug-likeness (QED) is 0.798. The number of likely N-dealkylation sites (tertiary alicyclic amines) is 2. The summed E-state index contributed by atoms with van der Waals surface area (Å²) in [6.45, 7) is 4.58. The van der Waals surface area contributed by atoms with E-state index in [1.54, 1.807) is 0 Å². The SMILES string of the molecule is NC(=O)C1(N2CCCCC2)CCN(C(=O)C2(Cc3ccccc3)CNC2)CC1. The van der Waals surface area contributed by atoms with Crippen molar-refractivity contribution >= 4 is 11.8 Å². The molecule has 4 rings (SSSR count). The number of nitrogens with two attached hydrogens (primary N) is 1. The van der Waals surface area contributed by atoms with Gasteiger partial charge in [-0.15, -0.1) is 0 Å². The topological polar surface area (TPSA) is 78.7 Å². The van der Waals surface area contributed by atoms with E-state index in [1.165, 1.54) is 12.0 Å². The van der Waals surface area contributed by atoms with Crippen LogP contribution in [0.25, 0.3) is 0 Å². The van der Waals surface area contributed by atoms with E-state index in [0.717, 1.165) is 45.4 Å². The Morgan fingerprint density at radius 1 is 0.964 bits per heavy atom. The number of hydrogen-bond donors (Lipinski definition) is 2. The van der Waals surface area contributed by atoms with Gasteiger partial charge in [-0.25, -0.2) is 0 Å². The molecule has 3 aliphatic rings. The summed E-state index contributed by atoms with van der Waals surface area (Å²) < 4.78 is 0. The number of hydrogen-bond acceptors (Lipinski definition) is 4. The lowest BCUT2D eigenvalue weighted by molar-refractivity contribution is -0.151. The second-order valence-corrected chi connectivity index (χ2v) is 8.78. The Morgan fingerprint density at radius 2 is 1.61 bits per heavy atom. The fraction of sp³-hybridized carbons (Fsp3) is 0.636. The number of nitrogens with one attached hydrogen (secondary N) is 1. The predicted octanol–water partition coefficient (Wildman–Crippen LogP) is 1.15. The van der Waals surface area contributed by atoms with Crippen LogP contribution in [0.3, 0.4) is 0 Å². The molecule has 3 saturated heterocycles. The molecule has 1 aromatic rings. The van der Waals surface area contributed by atoms with Gasteiger partial charge < -0.3 is 16.0 Å². The van der Waals surface area contributed by atoms with E-state index in [1.807, 2.05) is 23.1 Å². The lowest BCUT2D eigenvalue weighted by atomic mass is 9.74. The molecule has 0 aromatic heterocycles. The molecule has 3 N–H and O–H groups in total. The van der Waals surface area contributed by atoms with Crippen LogP contribution in [-0.4, -0.2) is 66.4 Å². The summed E-state index contributed by atoms with van der Waals surface area (Å²) in [6, 6.07) is 10.3. The van der Waals surface area contributed by atoms with E-state index in [4.69, 9.17) is 5.73 Å². The van der Waals surface area contributed by atoms with E-state index in [2.05, 4.69) is 22.3 Å². The number of rotatable bonds is 5. The Bertz CT molecular complexity index is 703. The highest BCUT2D eigenvalue weighted by atomic mass is 16.2. The maximum absolute atomic E-state index is 13.4. The minimum absolute atomic E-state index is 0.217. The number of piperidine rings is 2. The summed E-state index contributed by atoms with van der Waals surface area (Å²) in [5.74, 6) is 0.0117. The maximum Gasteiger partial charge on any atom is 0.238 e. The van der Waals surface area contributed by atoms with Gasteiger partial charge in [0, 0.05) is 26.2 Å². The molecule has 0 spiro atoms. The summed E-state index contributed by atoms with van der Waals surface area (Å²) in [5, 5.41) is 3.30. The van der Waals surface area contributed by atoms with Crippen LogP contribution in [0.1, 0.15) is 37.7 Å². The van der Waals surface area contributed by atoms with Crippen LogP contribution in [0, 0.1) is 5.41 Å². The standard InChI is InChI=1S/C22H32N4O2/c23-19(27)22(26-11-5-2-6-12-26)9-13-25(14-10-22)20(28)21(16-24-17-21)15-18-7-3-1-4-8-18/h1,3-4,7-8,24H,2,5-6,9-17H2,(H2,23,27). The van der Waals surface area contributed by atoms with Gasteiger partial charge in [-0.1, -0.05) is 36.8 Å². The van der Waals surface area contributed by atoms with Gasteiger partial charge in [-0.2, -0.15) is 0 Å². The van der Waals surface area contributed by atoms with Crippen LogP contribution in [0.15, 0.2) is 30.3 Å². The third-order valence-electron chi connectivity index (χ3n) is 7.06. The second kappa shape index (κ2) is 7.84. The summed E-state index contributed by atoms with van der Waals surface area (Å²) in [7, 11) is 0. The average molecular weight is 385 g/mol. The first-order chi connectivity index (χ1) is 13.6. The maximum atomic E-state index is 13.4. The molecular weight excluding hydrogens is 352 g/mol. The van der Waals surface area contributed by atoms with Crippen molar-refractivity contribution in [1.82, 2.24) is 15.1 Å². The molecule has 1 aromatic carbocycles. The Kier molecular flexibility index (Phi) is 5.43. The summed E-state index contributed by atoms with van der Waals surface area (Å²) in [4.78, 5) is 30.1. The van der Waals surface area contributed by atoms with E-state index in [0.29, 0.717) is 25.9 Å². The molecule has 3 fully saturated rings. The molecule has 28 heavy (non-hydrogen) atoms. The molecule has 6 heteroatoms. The van der Waals surface area contributed by atoms with Crippen LogP contribution in [-0.2, 0) is 16.0 Å². The minimum atomic E-state index is -0.568. The number of amides is 2. The monoisotopic (exact) mass is 384 g/mol. The molecule has 0 radical (unpaired) electrons. The zero-order valence-corrected chi connectivity index (χ0v) is 16.7. The molecule has 3 heterocycles. The first kappa shape index (κ1) is 19.4. The van der Waals surface area contributed by atoms with Crippen molar-refractivity contribution in [3.05, 3.63) is 35.9 Å². The van der Waals surface area contributed by atoms with Crippen LogP contribution >= 0.6 is 0 Å². The molecule has 0 atom stereocenters. The molecule has 0 aliphatic carbocycles. The van der Waals surface area contributed by atoms with Gasteiger partial charge in [0.2, 0.25) is 11.8 Å². The third-order valence-corrected chi connectivity index (χ3v) is 7.06. The van der Waals surface area contributed by atoms with E-state index in [-0.39, 0.29) is 17.2 Å². The lowest BCUT2D eigenvalue weighted by Crippen LogP contribution is -2.67. The van der Waals surface area contributed by atoms with Crippen molar-refractivity contribution in [2.75, 3.05) is 39.3 Å². The molecule has 3 aliphatic heterocycles. The van der Waals surface area contributed by atoms with Crippen LogP contribution in [0.2, 0.25) is 0 Å². The summed E-state index contributed by atoms with van der Waals surface area (Å²) in [6.07, 6.45) is 5.56. The van der Waals surface area contributed by atoms with Crippen LogP contribution < -0.4 is 11.1 Å². The third kappa shape index (κ3) is 3.44. The zero-order chi connectivity index (χ0) is 19.6. The average Bonchev–Trinajstić information content (AvgIpc) is 2.71. The van der Waals surface area contributed by atoms with Crippen molar-refractivity contribution in [2.45, 2.75) is 44.1 Å². The Balaban J connectivity index is 1.44. The van der Waals surface area contributed by atoms with Crippen LogP contribution in [0.5, 0.6) is 0 Å². The van der Waals surface area contributed by atoms with Gasteiger partial charge in [0.25, 0.3) is 0 Å². The Labute approximate surface area is 167 Å². The largest absolute Gasteiger partial charge is 0.368 e. The Morgan fingerprint density at radius 3 is 2.14 bits per heavy atom. The minimum Gasteiger partial charge on any atom is -0.368 e. The van der Waals surface area contributed by atoms with Crippen molar-refractivity contribution < 1.29 is 9.59 Å². The van der Waals surface area contributed by atoms with Crippen LogP contribution in [0.4, 0.5) is 0 Å². The molecule has 0 saturated carbocycles. The molecule has 152 valence electrons. The molecule has 0 bridgehead atoms. The highest BCUT2D eigenvalue weighted by Crippen LogP contribution is 2.35. The van der Waals surface area contributed by atoms with Gasteiger partial charge in [0.05, 0.1) is 5.41 Å². The Hall–Kier alpha value is -1.92. The summed E-state index contributed by atoms with van der Waals surface area (Å²) in [5.41, 5.74) is 6.17. The van der Waals surface area contributed by atoms with Gasteiger partial charge in [-0.3, -0.25) is 14.5 Å². The van der Waals surface area contributed by atoms with E-state index in [9.17, 15) is 9.59 Å². The smallest absolute Gasteiger partial charge is 0.238 e. The van der Waals surface area contributed by atoms with Gasteiger partial charge in [0.15, 0.2) is 0 Å². The van der Waals surface area contributed by atoms with E-state index < -0.39 is 5.54 Å². The zero-order valence-electron chi connectivity index (χ0n) is 16.7. The van der Waals surface area contributed by atoms with Crippen molar-refractivity contribution in [3.8, 4) is 0 Å². The van der Waals surface area contributed by atoms with Gasteiger partial charge >= 0.3 is 0 Å². The van der Waals surface area contributed by atoms with Crippen molar-refractivity contribution in [1.29, 1.82) is 0 Å². The molecule has 0 unspecified atom stereocenters. The predicted molar refractivity (Wildman–Crippen MR) is 109 cm³/mol. The normalized spacial score (nSPS) is 24.4. The lowest BCUT2D eigenvalue weighted by Gasteiger charge is -2.50. The molecule has 2 amide bonds. The van der Waals surface area contributed by atoms with E-state index >= 15 is 0 Å². The second-order valence-electron chi connectivity index (χ2n) is 8.78. The fourth-order valence-electron chi connectivity index (χ4n) is 5.22. The number of carbonyl (C=O) groups is 2. The first-order valence-corrected chi connectivity index (χ1v) is 10.6. The fourth-order valence-corrected chi connectivity index (χ4v) is 5.22. The number of primary amides is 1. The van der Waals surface area contributed by atoms with Crippen molar-refractivity contribution in [3.63, 3.8) is 0 Å². The highest BCUT2D eigenvalue weighted by Gasteiger charge is 2.50. The van der Waals surface area contributed by atoms with Gasteiger partial charge in [-0.05, 0) is 50.8 Å². The molecular formula is C22H32N4O2. The highest BCUT2D eigenvalue weighted by molar-refractivity contribution is 5.87.